The highest BCUT2D eigenvalue weighted by atomic mass is 32.1. The molecule has 0 unspecified atom stereocenters. The van der Waals surface area contributed by atoms with Gasteiger partial charge in [0.1, 0.15) is 0 Å². The third kappa shape index (κ3) is 3.25. The van der Waals surface area contributed by atoms with Crippen LogP contribution in [0.1, 0.15) is 74.9 Å². The smallest absolute Gasteiger partial charge is 0.219 e. The lowest BCUT2D eigenvalue weighted by Crippen LogP contribution is -2.47. The van der Waals surface area contributed by atoms with Gasteiger partial charge in [0.05, 0.1) is 10.7 Å². The Balaban J connectivity index is 1.42. The van der Waals surface area contributed by atoms with Gasteiger partial charge in [0, 0.05) is 43.4 Å². The van der Waals surface area contributed by atoms with Crippen molar-refractivity contribution in [2.75, 3.05) is 13.1 Å². The normalized spacial score (nSPS) is 29.0. The van der Waals surface area contributed by atoms with Gasteiger partial charge in [-0.3, -0.25) is 9.69 Å². The summed E-state index contributed by atoms with van der Waals surface area (Å²) in [5.74, 6) is 0.975. The Labute approximate surface area is 149 Å². The van der Waals surface area contributed by atoms with Gasteiger partial charge in [0.25, 0.3) is 0 Å². The zero-order valence-corrected chi connectivity index (χ0v) is 15.6. The molecule has 3 aliphatic rings. The molecule has 0 bridgehead atoms. The van der Waals surface area contributed by atoms with Crippen molar-refractivity contribution in [3.8, 4) is 0 Å². The average Bonchev–Trinajstić information content (AvgIpc) is 3.35. The van der Waals surface area contributed by atoms with Gasteiger partial charge in [0.2, 0.25) is 5.91 Å². The second-order valence-electron chi connectivity index (χ2n) is 7.76. The first-order valence-corrected chi connectivity index (χ1v) is 10.6. The van der Waals surface area contributed by atoms with Crippen molar-refractivity contribution in [3.63, 3.8) is 0 Å². The minimum atomic E-state index is 0.251. The highest BCUT2D eigenvalue weighted by molar-refractivity contribution is 7.09. The molecule has 3 heterocycles. The van der Waals surface area contributed by atoms with Crippen LogP contribution in [-0.4, -0.2) is 45.9 Å². The van der Waals surface area contributed by atoms with Crippen LogP contribution in [0, 0.1) is 0 Å². The van der Waals surface area contributed by atoms with Gasteiger partial charge in [-0.05, 0) is 45.1 Å². The maximum atomic E-state index is 11.9. The fourth-order valence-corrected chi connectivity index (χ4v) is 6.01. The topological polar surface area (TPSA) is 36.4 Å². The molecule has 24 heavy (non-hydrogen) atoms. The van der Waals surface area contributed by atoms with E-state index in [1.807, 2.05) is 11.3 Å². The van der Waals surface area contributed by atoms with Crippen molar-refractivity contribution < 1.29 is 4.79 Å². The summed E-state index contributed by atoms with van der Waals surface area (Å²) in [4.78, 5) is 21.6. The van der Waals surface area contributed by atoms with Gasteiger partial charge >= 0.3 is 0 Å². The number of amides is 1. The SMILES string of the molecule is CC(=O)N1CCC[C@H]1[C@H]1CCCN1Cc1csc(C2CCCC2)n1. The van der Waals surface area contributed by atoms with Crippen LogP contribution in [0.4, 0.5) is 0 Å². The molecule has 0 radical (unpaired) electrons. The Morgan fingerprint density at radius 3 is 2.67 bits per heavy atom. The molecule has 4 rings (SSSR count). The lowest BCUT2D eigenvalue weighted by molar-refractivity contribution is -0.130. The molecule has 0 N–H and O–H groups in total. The summed E-state index contributed by atoms with van der Waals surface area (Å²) in [6.07, 6.45) is 10.2. The summed E-state index contributed by atoms with van der Waals surface area (Å²) in [7, 11) is 0. The number of hydrogen-bond acceptors (Lipinski definition) is 4. The van der Waals surface area contributed by atoms with Gasteiger partial charge in [-0.15, -0.1) is 11.3 Å². The van der Waals surface area contributed by atoms with E-state index in [1.165, 1.54) is 55.6 Å². The first-order valence-electron chi connectivity index (χ1n) is 9.68. The third-order valence-corrected chi connectivity index (χ3v) is 7.26. The van der Waals surface area contributed by atoms with Crippen molar-refractivity contribution in [2.45, 2.75) is 82.8 Å². The van der Waals surface area contributed by atoms with Crippen molar-refractivity contribution in [1.82, 2.24) is 14.8 Å². The first kappa shape index (κ1) is 16.5. The van der Waals surface area contributed by atoms with E-state index >= 15 is 0 Å². The van der Waals surface area contributed by atoms with E-state index in [0.717, 1.165) is 32.0 Å². The molecule has 0 aromatic carbocycles. The standard InChI is InChI=1S/C19H29N3OS/c1-14(23)22-11-5-9-18(22)17-8-4-10-21(17)12-16-13-24-19(20-16)15-6-2-3-7-15/h13,15,17-18H,2-12H2,1H3/t17-,18+/m1/s1. The van der Waals surface area contributed by atoms with Crippen LogP contribution in [0.2, 0.25) is 0 Å². The highest BCUT2D eigenvalue weighted by Gasteiger charge is 2.38. The average molecular weight is 348 g/mol. The van der Waals surface area contributed by atoms with Crippen molar-refractivity contribution in [2.24, 2.45) is 0 Å². The molecule has 1 amide bonds. The summed E-state index contributed by atoms with van der Waals surface area (Å²) in [6, 6.07) is 0.964. The van der Waals surface area contributed by atoms with E-state index in [4.69, 9.17) is 4.98 Å². The molecule has 1 aromatic heterocycles. The summed E-state index contributed by atoms with van der Waals surface area (Å²) in [5, 5.41) is 3.64. The van der Waals surface area contributed by atoms with E-state index in [-0.39, 0.29) is 5.91 Å². The van der Waals surface area contributed by atoms with E-state index in [9.17, 15) is 4.79 Å². The first-order chi connectivity index (χ1) is 11.7. The van der Waals surface area contributed by atoms with E-state index in [1.54, 1.807) is 6.92 Å². The van der Waals surface area contributed by atoms with Gasteiger partial charge in [0.15, 0.2) is 0 Å². The third-order valence-electron chi connectivity index (χ3n) is 6.20. The predicted molar refractivity (Wildman–Crippen MR) is 97.2 cm³/mol. The minimum Gasteiger partial charge on any atom is -0.338 e. The van der Waals surface area contributed by atoms with Crippen LogP contribution < -0.4 is 0 Å². The van der Waals surface area contributed by atoms with Crippen LogP contribution in [-0.2, 0) is 11.3 Å². The summed E-state index contributed by atoms with van der Waals surface area (Å²) >= 11 is 1.87. The molecule has 2 aliphatic heterocycles. The number of nitrogens with zero attached hydrogens (tertiary/aromatic N) is 3. The molecular weight excluding hydrogens is 318 g/mol. The number of aromatic nitrogens is 1. The van der Waals surface area contributed by atoms with E-state index < -0.39 is 0 Å². The van der Waals surface area contributed by atoms with Crippen LogP contribution in [0.5, 0.6) is 0 Å². The molecule has 5 heteroatoms. The summed E-state index contributed by atoms with van der Waals surface area (Å²) in [6.45, 7) is 4.80. The maximum Gasteiger partial charge on any atom is 0.219 e. The molecule has 132 valence electrons. The Morgan fingerprint density at radius 2 is 1.88 bits per heavy atom. The molecule has 1 saturated carbocycles. The second-order valence-corrected chi connectivity index (χ2v) is 8.65. The van der Waals surface area contributed by atoms with Crippen molar-refractivity contribution in [1.29, 1.82) is 0 Å². The van der Waals surface area contributed by atoms with Crippen LogP contribution in [0.25, 0.3) is 0 Å². The number of likely N-dealkylation sites (tertiary alicyclic amines) is 2. The summed E-state index contributed by atoms with van der Waals surface area (Å²) < 4.78 is 0. The molecule has 4 nitrogen and oxygen atoms in total. The van der Waals surface area contributed by atoms with Crippen molar-refractivity contribution in [3.05, 3.63) is 16.1 Å². The molecule has 2 atom stereocenters. The Bertz CT molecular complexity index is 581. The van der Waals surface area contributed by atoms with Gasteiger partial charge in [-0.2, -0.15) is 0 Å². The molecular formula is C19H29N3OS. The number of hydrogen-bond donors (Lipinski definition) is 0. The molecule has 0 spiro atoms. The Kier molecular flexibility index (Phi) is 4.90. The van der Waals surface area contributed by atoms with Gasteiger partial charge in [-0.1, -0.05) is 12.8 Å². The van der Waals surface area contributed by atoms with E-state index in [0.29, 0.717) is 12.1 Å². The van der Waals surface area contributed by atoms with Crippen LogP contribution in [0.15, 0.2) is 5.38 Å². The number of carbonyl (C=O) groups is 1. The zero-order chi connectivity index (χ0) is 16.5. The monoisotopic (exact) mass is 347 g/mol. The van der Waals surface area contributed by atoms with Gasteiger partial charge < -0.3 is 4.90 Å². The summed E-state index contributed by atoms with van der Waals surface area (Å²) in [5.41, 5.74) is 1.25. The Morgan fingerprint density at radius 1 is 1.12 bits per heavy atom. The predicted octanol–water partition coefficient (Wildman–Crippen LogP) is 3.78. The molecule has 2 saturated heterocycles. The molecule has 3 fully saturated rings. The van der Waals surface area contributed by atoms with Crippen molar-refractivity contribution >= 4 is 17.2 Å². The fourth-order valence-electron chi connectivity index (χ4n) is 5.03. The van der Waals surface area contributed by atoms with Gasteiger partial charge in [-0.25, -0.2) is 4.98 Å². The maximum absolute atomic E-state index is 11.9. The van der Waals surface area contributed by atoms with Crippen LogP contribution >= 0.6 is 11.3 Å². The van der Waals surface area contributed by atoms with E-state index in [2.05, 4.69) is 15.2 Å². The zero-order valence-electron chi connectivity index (χ0n) is 14.7. The lowest BCUT2D eigenvalue weighted by Gasteiger charge is -2.34. The number of thiazole rings is 1. The lowest BCUT2D eigenvalue weighted by atomic mass is 10.0. The highest BCUT2D eigenvalue weighted by Crippen LogP contribution is 2.36. The quantitative estimate of drug-likeness (QED) is 0.832. The number of carbonyl (C=O) groups excluding carboxylic acids is 1. The van der Waals surface area contributed by atoms with Crippen LogP contribution in [0.3, 0.4) is 0 Å². The molecule has 1 aromatic rings. The fraction of sp³-hybridized carbons (Fsp3) is 0.789. The minimum absolute atomic E-state index is 0.251. The number of rotatable bonds is 4. The second kappa shape index (κ2) is 7.12. The largest absolute Gasteiger partial charge is 0.338 e. The Hall–Kier alpha value is -0.940. The molecule has 1 aliphatic carbocycles.